The normalized spacial score (nSPS) is 11.2. The van der Waals surface area contributed by atoms with Gasteiger partial charge in [-0.1, -0.05) is 6.07 Å². The van der Waals surface area contributed by atoms with Crippen LogP contribution in [0.3, 0.4) is 0 Å². The van der Waals surface area contributed by atoms with E-state index in [2.05, 4.69) is 20.5 Å². The SMILES string of the molecule is COc1ccc(-c2nc(NC(=O)[C@H](C)Oc3cccc(C#N)c3)n[nH]2)c(OC)c1. The van der Waals surface area contributed by atoms with Crippen LogP contribution < -0.4 is 19.5 Å². The van der Waals surface area contributed by atoms with Crippen molar-refractivity contribution in [3.63, 3.8) is 0 Å². The van der Waals surface area contributed by atoms with Gasteiger partial charge in [0.15, 0.2) is 11.9 Å². The van der Waals surface area contributed by atoms with Crippen LogP contribution in [-0.2, 0) is 4.79 Å². The van der Waals surface area contributed by atoms with Crippen LogP contribution in [0.25, 0.3) is 11.4 Å². The molecule has 3 rings (SSSR count). The van der Waals surface area contributed by atoms with Gasteiger partial charge in [0, 0.05) is 6.07 Å². The van der Waals surface area contributed by atoms with E-state index in [9.17, 15) is 4.79 Å². The molecular formula is C20H19N5O4. The summed E-state index contributed by atoms with van der Waals surface area (Å²) in [6.07, 6.45) is -0.818. The van der Waals surface area contributed by atoms with Crippen LogP contribution in [-0.4, -0.2) is 41.4 Å². The van der Waals surface area contributed by atoms with Crippen LogP contribution in [0.15, 0.2) is 42.5 Å². The zero-order chi connectivity index (χ0) is 20.8. The maximum Gasteiger partial charge on any atom is 0.267 e. The second-order valence-corrected chi connectivity index (χ2v) is 5.96. The van der Waals surface area contributed by atoms with Crippen molar-refractivity contribution in [2.24, 2.45) is 0 Å². The third kappa shape index (κ3) is 4.62. The van der Waals surface area contributed by atoms with E-state index in [1.54, 1.807) is 56.5 Å². The number of rotatable bonds is 7. The third-order valence-corrected chi connectivity index (χ3v) is 4.03. The number of nitrogens with zero attached hydrogens (tertiary/aromatic N) is 3. The highest BCUT2D eigenvalue weighted by molar-refractivity contribution is 5.92. The van der Waals surface area contributed by atoms with E-state index < -0.39 is 12.0 Å². The molecule has 0 fully saturated rings. The molecule has 2 N–H and O–H groups in total. The van der Waals surface area contributed by atoms with Gasteiger partial charge in [-0.3, -0.25) is 15.2 Å². The smallest absolute Gasteiger partial charge is 0.267 e. The van der Waals surface area contributed by atoms with Gasteiger partial charge in [-0.2, -0.15) is 10.2 Å². The number of benzene rings is 2. The first-order valence-electron chi connectivity index (χ1n) is 8.66. The molecule has 148 valence electrons. The third-order valence-electron chi connectivity index (χ3n) is 4.03. The summed E-state index contributed by atoms with van der Waals surface area (Å²) in [5.74, 6) is 1.71. The quantitative estimate of drug-likeness (QED) is 0.633. The molecule has 29 heavy (non-hydrogen) atoms. The maximum absolute atomic E-state index is 12.4. The van der Waals surface area contributed by atoms with Crippen LogP contribution in [0.1, 0.15) is 12.5 Å². The molecule has 0 saturated heterocycles. The fourth-order valence-electron chi connectivity index (χ4n) is 2.54. The fraction of sp³-hybridized carbons (Fsp3) is 0.200. The molecule has 1 atom stereocenters. The van der Waals surface area contributed by atoms with Gasteiger partial charge in [-0.25, -0.2) is 0 Å². The van der Waals surface area contributed by atoms with E-state index in [0.717, 1.165) is 0 Å². The monoisotopic (exact) mass is 393 g/mol. The molecule has 1 heterocycles. The Morgan fingerprint density at radius 1 is 1.17 bits per heavy atom. The second kappa shape index (κ2) is 8.75. The Morgan fingerprint density at radius 3 is 2.72 bits per heavy atom. The number of amides is 1. The Labute approximate surface area is 167 Å². The molecule has 0 aliphatic carbocycles. The zero-order valence-electron chi connectivity index (χ0n) is 16.1. The number of carbonyl (C=O) groups is 1. The number of carbonyl (C=O) groups excluding carboxylic acids is 1. The van der Waals surface area contributed by atoms with Gasteiger partial charge >= 0.3 is 0 Å². The summed E-state index contributed by atoms with van der Waals surface area (Å²) in [4.78, 5) is 16.7. The van der Waals surface area contributed by atoms with Crippen LogP contribution in [0, 0.1) is 11.3 Å². The number of H-pyrrole nitrogens is 1. The Bertz CT molecular complexity index is 1060. The number of methoxy groups -OCH3 is 2. The number of aromatic amines is 1. The lowest BCUT2D eigenvalue weighted by Crippen LogP contribution is -2.30. The average molecular weight is 393 g/mol. The number of nitrogens with one attached hydrogen (secondary N) is 2. The van der Waals surface area contributed by atoms with Gasteiger partial charge in [0.2, 0.25) is 5.95 Å². The molecular weight excluding hydrogens is 374 g/mol. The average Bonchev–Trinajstić information content (AvgIpc) is 3.21. The van der Waals surface area contributed by atoms with Crippen molar-refractivity contribution in [3.8, 4) is 34.7 Å². The summed E-state index contributed by atoms with van der Waals surface area (Å²) in [5, 5.41) is 18.3. The number of ether oxygens (including phenoxy) is 3. The summed E-state index contributed by atoms with van der Waals surface area (Å²) in [7, 11) is 3.11. The predicted octanol–water partition coefficient (Wildman–Crippen LogP) is 2.77. The van der Waals surface area contributed by atoms with Crippen LogP contribution >= 0.6 is 0 Å². The Balaban J connectivity index is 1.69. The highest BCUT2D eigenvalue weighted by atomic mass is 16.5. The lowest BCUT2D eigenvalue weighted by molar-refractivity contribution is -0.122. The first-order chi connectivity index (χ1) is 14.0. The largest absolute Gasteiger partial charge is 0.497 e. The van der Waals surface area contributed by atoms with Crippen molar-refractivity contribution >= 4 is 11.9 Å². The lowest BCUT2D eigenvalue weighted by atomic mass is 10.2. The van der Waals surface area contributed by atoms with Gasteiger partial charge < -0.3 is 14.2 Å². The molecule has 0 bridgehead atoms. The molecule has 0 radical (unpaired) electrons. The fourth-order valence-corrected chi connectivity index (χ4v) is 2.54. The maximum atomic E-state index is 12.4. The molecule has 9 heteroatoms. The zero-order valence-corrected chi connectivity index (χ0v) is 16.1. The Hall–Kier alpha value is -4.06. The molecule has 1 amide bonds. The highest BCUT2D eigenvalue weighted by Gasteiger charge is 2.18. The number of aromatic nitrogens is 3. The summed E-state index contributed by atoms with van der Waals surface area (Å²) < 4.78 is 16.1. The van der Waals surface area contributed by atoms with E-state index in [1.165, 1.54) is 7.11 Å². The molecule has 0 aliphatic rings. The number of anilines is 1. The van der Waals surface area contributed by atoms with Crippen LogP contribution in [0.4, 0.5) is 5.95 Å². The van der Waals surface area contributed by atoms with Crippen molar-refractivity contribution in [1.82, 2.24) is 15.2 Å². The molecule has 0 aliphatic heterocycles. The van der Waals surface area contributed by atoms with Crippen molar-refractivity contribution in [1.29, 1.82) is 5.26 Å². The van der Waals surface area contributed by atoms with E-state index in [0.29, 0.717) is 34.2 Å². The highest BCUT2D eigenvalue weighted by Crippen LogP contribution is 2.31. The summed E-state index contributed by atoms with van der Waals surface area (Å²) >= 11 is 0. The first-order valence-corrected chi connectivity index (χ1v) is 8.66. The van der Waals surface area contributed by atoms with Crippen molar-refractivity contribution in [2.75, 3.05) is 19.5 Å². The van der Waals surface area contributed by atoms with Gasteiger partial charge in [-0.15, -0.1) is 5.10 Å². The number of hydrogen-bond acceptors (Lipinski definition) is 7. The van der Waals surface area contributed by atoms with Crippen molar-refractivity contribution in [3.05, 3.63) is 48.0 Å². The molecule has 9 nitrogen and oxygen atoms in total. The molecule has 0 spiro atoms. The lowest BCUT2D eigenvalue weighted by Gasteiger charge is -2.13. The van der Waals surface area contributed by atoms with Gasteiger partial charge in [0.1, 0.15) is 17.2 Å². The van der Waals surface area contributed by atoms with Gasteiger partial charge in [-0.05, 0) is 37.3 Å². The minimum Gasteiger partial charge on any atom is -0.497 e. The van der Waals surface area contributed by atoms with Gasteiger partial charge in [0.25, 0.3) is 5.91 Å². The molecule has 0 saturated carbocycles. The summed E-state index contributed by atoms with van der Waals surface area (Å²) in [5.41, 5.74) is 1.11. The number of nitriles is 1. The molecule has 3 aromatic rings. The molecule has 1 aromatic heterocycles. The minimum absolute atomic E-state index is 0.101. The summed E-state index contributed by atoms with van der Waals surface area (Å²) in [6.45, 7) is 1.59. The topological polar surface area (TPSA) is 122 Å². The standard InChI is InChI=1S/C20H19N5O4/c1-12(29-15-6-4-5-13(9-15)11-21)19(26)23-20-22-18(24-25-20)16-8-7-14(27-2)10-17(16)28-3/h4-10,12H,1-3H3,(H2,22,23,24,25,26)/t12-/m0/s1. The molecule has 2 aromatic carbocycles. The first kappa shape index (κ1) is 19.7. The van der Waals surface area contributed by atoms with Crippen molar-refractivity contribution in [2.45, 2.75) is 13.0 Å². The molecule has 0 unspecified atom stereocenters. The summed E-state index contributed by atoms with van der Waals surface area (Å²) in [6, 6.07) is 13.9. The van der Waals surface area contributed by atoms with E-state index in [-0.39, 0.29) is 5.95 Å². The van der Waals surface area contributed by atoms with Crippen LogP contribution in [0.5, 0.6) is 17.2 Å². The van der Waals surface area contributed by atoms with E-state index in [4.69, 9.17) is 19.5 Å². The number of hydrogen-bond donors (Lipinski definition) is 2. The second-order valence-electron chi connectivity index (χ2n) is 5.96. The minimum atomic E-state index is -0.818. The van der Waals surface area contributed by atoms with Crippen molar-refractivity contribution < 1.29 is 19.0 Å². The van der Waals surface area contributed by atoms with E-state index >= 15 is 0 Å². The Kier molecular flexibility index (Phi) is 5.94. The van der Waals surface area contributed by atoms with E-state index in [1.807, 2.05) is 6.07 Å². The van der Waals surface area contributed by atoms with Crippen LogP contribution in [0.2, 0.25) is 0 Å². The van der Waals surface area contributed by atoms with Gasteiger partial charge in [0.05, 0.1) is 31.4 Å². The predicted molar refractivity (Wildman–Crippen MR) is 105 cm³/mol. The Morgan fingerprint density at radius 2 is 2.00 bits per heavy atom.